The Hall–Kier alpha value is -3.74. The van der Waals surface area contributed by atoms with Crippen molar-refractivity contribution in [3.63, 3.8) is 0 Å². The molecule has 0 radical (unpaired) electrons. The molecule has 7 nitrogen and oxygen atoms in total. The number of methoxy groups -OCH3 is 2. The van der Waals surface area contributed by atoms with E-state index < -0.39 is 5.97 Å². The molecule has 2 aromatic carbocycles. The second-order valence-electron chi connectivity index (χ2n) is 6.19. The fourth-order valence-corrected chi connectivity index (χ4v) is 2.70. The van der Waals surface area contributed by atoms with Gasteiger partial charge in [-0.25, -0.2) is 4.79 Å². The van der Waals surface area contributed by atoms with Gasteiger partial charge in [-0.1, -0.05) is 11.2 Å². The molecule has 0 unspecified atom stereocenters. The van der Waals surface area contributed by atoms with Crippen molar-refractivity contribution in [1.29, 1.82) is 0 Å². The molecule has 1 heterocycles. The second kappa shape index (κ2) is 10.2. The second-order valence-corrected chi connectivity index (χ2v) is 6.19. The van der Waals surface area contributed by atoms with E-state index in [9.17, 15) is 4.79 Å². The largest absolute Gasteiger partial charge is 0.497 e. The van der Waals surface area contributed by atoms with Crippen LogP contribution in [0.2, 0.25) is 0 Å². The summed E-state index contributed by atoms with van der Waals surface area (Å²) in [4.78, 5) is 12.0. The molecule has 0 bridgehead atoms. The van der Waals surface area contributed by atoms with Crippen molar-refractivity contribution in [2.24, 2.45) is 0 Å². The van der Waals surface area contributed by atoms with Crippen LogP contribution in [0.1, 0.15) is 18.2 Å². The van der Waals surface area contributed by atoms with Crippen LogP contribution < -0.4 is 14.2 Å². The minimum absolute atomic E-state index is 0.0150. The van der Waals surface area contributed by atoms with Crippen molar-refractivity contribution in [2.45, 2.75) is 13.5 Å². The summed E-state index contributed by atoms with van der Waals surface area (Å²) in [5.41, 5.74) is 2.32. The summed E-state index contributed by atoms with van der Waals surface area (Å²) in [6.07, 6.45) is 2.99. The highest BCUT2D eigenvalue weighted by molar-refractivity contribution is 5.87. The van der Waals surface area contributed by atoms with E-state index in [0.717, 1.165) is 16.9 Å². The molecule has 0 aliphatic heterocycles. The summed E-state index contributed by atoms with van der Waals surface area (Å²) in [5.74, 6) is 1.96. The van der Waals surface area contributed by atoms with Gasteiger partial charge < -0.3 is 23.5 Å². The number of nitrogens with zero attached hydrogens (tertiary/aromatic N) is 1. The lowest BCUT2D eigenvalue weighted by molar-refractivity contribution is -0.139. The van der Waals surface area contributed by atoms with Gasteiger partial charge in [0, 0.05) is 17.7 Å². The van der Waals surface area contributed by atoms with Crippen LogP contribution in [0.5, 0.6) is 17.2 Å². The lowest BCUT2D eigenvalue weighted by Crippen LogP contribution is -2.00. The number of carbonyl (C=O) groups excluding carboxylic acids is 1. The van der Waals surface area contributed by atoms with Crippen LogP contribution in [-0.2, 0) is 16.1 Å². The fraction of sp³-hybridized carbons (Fsp3) is 0.217. The number of ether oxygens (including phenoxy) is 4. The zero-order chi connectivity index (χ0) is 21.3. The minimum Gasteiger partial charge on any atom is -0.497 e. The molecule has 0 spiro atoms. The molecule has 0 atom stereocenters. The summed E-state index contributed by atoms with van der Waals surface area (Å²) in [7, 11) is 3.18. The average molecular weight is 409 g/mol. The lowest BCUT2D eigenvalue weighted by atomic mass is 10.1. The van der Waals surface area contributed by atoms with Gasteiger partial charge in [0.05, 0.1) is 20.8 Å². The Balaban J connectivity index is 1.56. The van der Waals surface area contributed by atoms with Gasteiger partial charge in [0.2, 0.25) is 0 Å². The molecule has 0 saturated carbocycles. The molecule has 30 heavy (non-hydrogen) atoms. The summed E-state index contributed by atoms with van der Waals surface area (Å²) in [5, 5.41) is 4.00. The van der Waals surface area contributed by atoms with Crippen LogP contribution in [0.3, 0.4) is 0 Å². The lowest BCUT2D eigenvalue weighted by Gasteiger charge is -2.09. The molecule has 0 aliphatic carbocycles. The highest BCUT2D eigenvalue weighted by Gasteiger charge is 2.09. The van der Waals surface area contributed by atoms with Gasteiger partial charge in [-0.2, -0.15) is 0 Å². The number of benzene rings is 2. The molecule has 0 saturated heterocycles. The van der Waals surface area contributed by atoms with E-state index in [0.29, 0.717) is 29.6 Å². The highest BCUT2D eigenvalue weighted by atomic mass is 16.5. The molecule has 0 aliphatic rings. The maximum absolute atomic E-state index is 12.0. The third-order valence-electron chi connectivity index (χ3n) is 4.20. The Kier molecular flexibility index (Phi) is 7.10. The first-order valence-corrected chi connectivity index (χ1v) is 9.38. The van der Waals surface area contributed by atoms with E-state index in [1.165, 1.54) is 6.08 Å². The summed E-state index contributed by atoms with van der Waals surface area (Å²) in [6, 6.07) is 14.6. The van der Waals surface area contributed by atoms with Crippen molar-refractivity contribution in [1.82, 2.24) is 5.16 Å². The van der Waals surface area contributed by atoms with E-state index >= 15 is 0 Å². The topological polar surface area (TPSA) is 80.0 Å². The molecule has 0 N–H and O–H groups in total. The van der Waals surface area contributed by atoms with Crippen LogP contribution in [-0.4, -0.2) is 32.0 Å². The van der Waals surface area contributed by atoms with Gasteiger partial charge in [0.25, 0.3) is 0 Å². The molecular weight excluding hydrogens is 386 g/mol. The molecule has 1 aromatic heterocycles. The average Bonchev–Trinajstić information content (AvgIpc) is 3.26. The predicted molar refractivity (Wildman–Crippen MR) is 111 cm³/mol. The molecule has 3 rings (SSSR count). The van der Waals surface area contributed by atoms with Gasteiger partial charge in [-0.15, -0.1) is 0 Å². The number of esters is 1. The standard InChI is InChI=1S/C23H23NO6/c1-4-28-21-11-5-16(13-22(21)27-3)6-12-23(25)29-15-19-14-20(24-30-19)17-7-9-18(26-2)10-8-17/h5-14H,4,15H2,1-3H3/b12-6+. The number of rotatable bonds is 9. The first-order chi connectivity index (χ1) is 14.6. The van der Waals surface area contributed by atoms with Gasteiger partial charge in [0.15, 0.2) is 23.9 Å². The van der Waals surface area contributed by atoms with E-state index in [2.05, 4.69) is 5.16 Å². The Morgan fingerprint density at radius 2 is 1.83 bits per heavy atom. The Bertz CT molecular complexity index is 1010. The monoisotopic (exact) mass is 409 g/mol. The minimum atomic E-state index is -0.495. The summed E-state index contributed by atoms with van der Waals surface area (Å²) < 4.78 is 26.4. The number of aromatic nitrogens is 1. The van der Waals surface area contributed by atoms with E-state index in [1.807, 2.05) is 37.3 Å². The Labute approximate surface area is 174 Å². The molecule has 0 amide bonds. The Morgan fingerprint density at radius 1 is 1.03 bits per heavy atom. The third kappa shape index (κ3) is 5.41. The highest BCUT2D eigenvalue weighted by Crippen LogP contribution is 2.28. The zero-order valence-electron chi connectivity index (χ0n) is 17.1. The fourth-order valence-electron chi connectivity index (χ4n) is 2.70. The maximum atomic E-state index is 12.0. The van der Waals surface area contributed by atoms with Crippen LogP contribution in [0.25, 0.3) is 17.3 Å². The Morgan fingerprint density at radius 3 is 2.53 bits per heavy atom. The van der Waals surface area contributed by atoms with Crippen molar-refractivity contribution < 1.29 is 28.3 Å². The predicted octanol–water partition coefficient (Wildman–Crippen LogP) is 4.51. The third-order valence-corrected chi connectivity index (χ3v) is 4.20. The van der Waals surface area contributed by atoms with Gasteiger partial charge >= 0.3 is 5.97 Å². The van der Waals surface area contributed by atoms with Crippen LogP contribution in [0, 0.1) is 0 Å². The first-order valence-electron chi connectivity index (χ1n) is 9.38. The van der Waals surface area contributed by atoms with Crippen LogP contribution >= 0.6 is 0 Å². The van der Waals surface area contributed by atoms with Gasteiger partial charge in [-0.3, -0.25) is 0 Å². The van der Waals surface area contributed by atoms with Gasteiger partial charge in [0.1, 0.15) is 11.4 Å². The molecule has 7 heteroatoms. The summed E-state index contributed by atoms with van der Waals surface area (Å²) >= 11 is 0. The van der Waals surface area contributed by atoms with Crippen LogP contribution in [0.4, 0.5) is 0 Å². The quantitative estimate of drug-likeness (QED) is 0.380. The smallest absolute Gasteiger partial charge is 0.331 e. The molecule has 156 valence electrons. The summed E-state index contributed by atoms with van der Waals surface area (Å²) in [6.45, 7) is 2.43. The van der Waals surface area contributed by atoms with E-state index in [4.69, 9.17) is 23.5 Å². The van der Waals surface area contributed by atoms with Crippen molar-refractivity contribution >= 4 is 12.0 Å². The van der Waals surface area contributed by atoms with Crippen molar-refractivity contribution in [3.05, 3.63) is 65.9 Å². The number of hydrogen-bond donors (Lipinski definition) is 0. The van der Waals surface area contributed by atoms with E-state index in [-0.39, 0.29) is 6.61 Å². The van der Waals surface area contributed by atoms with Crippen molar-refractivity contribution in [2.75, 3.05) is 20.8 Å². The maximum Gasteiger partial charge on any atom is 0.331 e. The van der Waals surface area contributed by atoms with Crippen LogP contribution in [0.15, 0.2) is 59.1 Å². The number of carbonyl (C=O) groups is 1. The normalized spacial score (nSPS) is 10.8. The zero-order valence-corrected chi connectivity index (χ0v) is 17.1. The van der Waals surface area contributed by atoms with Crippen molar-refractivity contribution in [3.8, 4) is 28.5 Å². The number of hydrogen-bond acceptors (Lipinski definition) is 7. The van der Waals surface area contributed by atoms with Gasteiger partial charge in [-0.05, 0) is 55.0 Å². The molecular formula is C23H23NO6. The SMILES string of the molecule is CCOc1ccc(/C=C/C(=O)OCc2cc(-c3ccc(OC)cc3)no2)cc1OC. The molecule has 0 fully saturated rings. The van der Waals surface area contributed by atoms with E-state index in [1.54, 1.807) is 38.5 Å². The molecule has 3 aromatic rings. The first kappa shape index (κ1) is 21.0.